The van der Waals surface area contributed by atoms with Gasteiger partial charge in [0.15, 0.2) is 0 Å². The highest BCUT2D eigenvalue weighted by Crippen LogP contribution is 2.22. The van der Waals surface area contributed by atoms with Gasteiger partial charge in [-0.05, 0) is 24.3 Å². The Kier molecular flexibility index (Phi) is 1.91. The van der Waals surface area contributed by atoms with Gasteiger partial charge >= 0.3 is 0 Å². The highest BCUT2D eigenvalue weighted by atomic mass is 16.1. The minimum Gasteiger partial charge on any atom is -0.301 e. The number of aromatic nitrogens is 3. The predicted octanol–water partition coefficient (Wildman–Crippen LogP) is 1.99. The maximum absolute atomic E-state index is 11.5. The zero-order valence-electron chi connectivity index (χ0n) is 9.82. The van der Waals surface area contributed by atoms with Crippen LogP contribution in [0.25, 0.3) is 16.7 Å². The van der Waals surface area contributed by atoms with Crippen LogP contribution in [-0.4, -0.2) is 26.7 Å². The number of hydrogen-bond donors (Lipinski definition) is 0. The van der Waals surface area contributed by atoms with Crippen molar-refractivity contribution in [1.82, 2.24) is 14.5 Å². The first kappa shape index (κ1) is 10.1. The Morgan fingerprint density at radius 1 is 1.16 bits per heavy atom. The van der Waals surface area contributed by atoms with Gasteiger partial charge in [0, 0.05) is 35.2 Å². The molecule has 0 saturated carbocycles. The number of rotatable bonds is 1. The predicted molar refractivity (Wildman–Crippen MR) is 70.8 cm³/mol. The van der Waals surface area contributed by atoms with Crippen LogP contribution in [0.4, 0.5) is 0 Å². The molecule has 0 bridgehead atoms. The summed E-state index contributed by atoms with van der Waals surface area (Å²) in [5.41, 5.74) is 3.29. The van der Waals surface area contributed by atoms with Crippen LogP contribution in [0.3, 0.4) is 0 Å². The largest absolute Gasteiger partial charge is 0.301 e. The first-order valence-corrected chi connectivity index (χ1v) is 5.83. The van der Waals surface area contributed by atoms with E-state index < -0.39 is 0 Å². The molecule has 0 radical (unpaired) electrons. The monoisotopic (exact) mass is 248 g/mol. The summed E-state index contributed by atoms with van der Waals surface area (Å²) in [6, 6.07) is 7.59. The third kappa shape index (κ3) is 1.41. The summed E-state index contributed by atoms with van der Waals surface area (Å²) in [6.07, 6.45) is 6.84. The molecule has 5 heteroatoms. The molecular weight excluding hydrogens is 240 g/mol. The van der Waals surface area contributed by atoms with Crippen LogP contribution in [-0.2, 0) is 0 Å². The number of carbonyl (C=O) groups excluding carboxylic acids is 1. The van der Waals surface area contributed by atoms with Crippen molar-refractivity contribution in [3.05, 3.63) is 54.1 Å². The Morgan fingerprint density at radius 2 is 2.11 bits per heavy atom. The van der Waals surface area contributed by atoms with Crippen LogP contribution in [0.2, 0.25) is 0 Å². The lowest BCUT2D eigenvalue weighted by Crippen LogP contribution is -1.97. The van der Waals surface area contributed by atoms with E-state index in [1.165, 1.54) is 6.33 Å². The Bertz CT molecular complexity index is 848. The van der Waals surface area contributed by atoms with Crippen molar-refractivity contribution in [2.75, 3.05) is 0 Å². The summed E-state index contributed by atoms with van der Waals surface area (Å²) < 4.78 is 1.97. The molecule has 0 saturated heterocycles. The quantitative estimate of drug-likeness (QED) is 0.661. The fourth-order valence-corrected chi connectivity index (χ4v) is 2.29. The molecule has 1 amide bonds. The summed E-state index contributed by atoms with van der Waals surface area (Å²) in [5, 5.41) is 0.979. The van der Waals surface area contributed by atoms with Crippen molar-refractivity contribution in [3.8, 4) is 5.69 Å². The number of hydrogen-bond acceptors (Lipinski definition) is 3. The second-order valence-electron chi connectivity index (χ2n) is 4.32. The maximum Gasteiger partial charge on any atom is 0.277 e. The number of amides is 1. The van der Waals surface area contributed by atoms with Crippen LogP contribution in [0.15, 0.2) is 48.0 Å². The van der Waals surface area contributed by atoms with Crippen LogP contribution in [0, 0.1) is 0 Å². The first-order valence-electron chi connectivity index (χ1n) is 5.83. The molecule has 2 aromatic heterocycles. The van der Waals surface area contributed by atoms with Crippen LogP contribution >= 0.6 is 0 Å². The molecule has 0 spiro atoms. The van der Waals surface area contributed by atoms with Crippen LogP contribution in [0.5, 0.6) is 0 Å². The molecular formula is C14H8N4O. The molecule has 90 valence electrons. The molecule has 0 unspecified atom stereocenters. The Labute approximate surface area is 108 Å². The highest BCUT2D eigenvalue weighted by molar-refractivity contribution is 6.13. The fourth-order valence-electron chi connectivity index (χ4n) is 2.29. The smallest absolute Gasteiger partial charge is 0.277 e. The zero-order chi connectivity index (χ0) is 12.8. The first-order chi connectivity index (χ1) is 9.33. The van der Waals surface area contributed by atoms with E-state index in [2.05, 4.69) is 15.0 Å². The van der Waals surface area contributed by atoms with Crippen LogP contribution < -0.4 is 0 Å². The molecule has 0 N–H and O–H groups in total. The van der Waals surface area contributed by atoms with E-state index in [-0.39, 0.29) is 5.91 Å². The van der Waals surface area contributed by atoms with Gasteiger partial charge in [0.1, 0.15) is 12.0 Å². The van der Waals surface area contributed by atoms with Gasteiger partial charge in [-0.25, -0.2) is 15.0 Å². The molecule has 5 nitrogen and oxygen atoms in total. The summed E-state index contributed by atoms with van der Waals surface area (Å²) in [7, 11) is 0. The molecule has 0 fully saturated rings. The normalized spacial score (nSPS) is 13.2. The van der Waals surface area contributed by atoms with Crippen molar-refractivity contribution in [2.24, 2.45) is 4.99 Å². The lowest BCUT2D eigenvalue weighted by molar-refractivity contribution is 0.101. The van der Waals surface area contributed by atoms with Gasteiger partial charge in [-0.15, -0.1) is 0 Å². The number of benzene rings is 1. The molecule has 19 heavy (non-hydrogen) atoms. The second-order valence-corrected chi connectivity index (χ2v) is 4.32. The molecule has 3 aromatic rings. The Hall–Kier alpha value is -2.82. The average molecular weight is 248 g/mol. The van der Waals surface area contributed by atoms with Crippen molar-refractivity contribution >= 4 is 23.2 Å². The third-order valence-corrected chi connectivity index (χ3v) is 3.21. The Balaban J connectivity index is 1.94. The SMILES string of the molecule is O=C1N=Cc2cc(-n3ccc4cncnc43)ccc21. The average Bonchev–Trinajstić information content (AvgIpc) is 3.03. The van der Waals surface area contributed by atoms with Gasteiger partial charge in [0.2, 0.25) is 0 Å². The molecule has 0 aliphatic carbocycles. The van der Waals surface area contributed by atoms with E-state index >= 15 is 0 Å². The van der Waals surface area contributed by atoms with Gasteiger partial charge < -0.3 is 4.57 Å². The molecule has 3 heterocycles. The molecule has 1 aliphatic rings. The topological polar surface area (TPSA) is 60.1 Å². The van der Waals surface area contributed by atoms with E-state index in [4.69, 9.17) is 0 Å². The van der Waals surface area contributed by atoms with E-state index in [0.29, 0.717) is 5.56 Å². The highest BCUT2D eigenvalue weighted by Gasteiger charge is 2.16. The fraction of sp³-hybridized carbons (Fsp3) is 0. The minimum absolute atomic E-state index is 0.179. The number of carbonyl (C=O) groups is 1. The minimum atomic E-state index is -0.179. The van der Waals surface area contributed by atoms with Crippen LogP contribution in [0.1, 0.15) is 15.9 Å². The summed E-state index contributed by atoms with van der Waals surface area (Å²) in [6.45, 7) is 0. The van der Waals surface area contributed by atoms with E-state index in [9.17, 15) is 4.79 Å². The second kappa shape index (κ2) is 3.58. The summed E-state index contributed by atoms with van der Waals surface area (Å²) in [5.74, 6) is -0.179. The van der Waals surface area contributed by atoms with Crippen molar-refractivity contribution in [2.45, 2.75) is 0 Å². The van der Waals surface area contributed by atoms with Crippen molar-refractivity contribution in [1.29, 1.82) is 0 Å². The van der Waals surface area contributed by atoms with Gasteiger partial charge in [-0.1, -0.05) is 0 Å². The molecule has 4 rings (SSSR count). The van der Waals surface area contributed by atoms with Gasteiger partial charge in [-0.2, -0.15) is 0 Å². The number of fused-ring (bicyclic) bond motifs is 2. The van der Waals surface area contributed by atoms with Gasteiger partial charge in [0.05, 0.1) is 5.56 Å². The van der Waals surface area contributed by atoms with Crippen molar-refractivity contribution < 1.29 is 4.79 Å². The summed E-state index contributed by atoms with van der Waals surface area (Å²) >= 11 is 0. The lowest BCUT2D eigenvalue weighted by Gasteiger charge is -2.05. The standard InChI is InChI=1S/C14H8N4O/c19-14-12-2-1-11(5-10(12)7-16-14)18-4-3-9-6-15-8-17-13(9)18/h1-8H. The van der Waals surface area contributed by atoms with Crippen molar-refractivity contribution in [3.63, 3.8) is 0 Å². The number of nitrogens with zero attached hydrogens (tertiary/aromatic N) is 4. The summed E-state index contributed by atoms with van der Waals surface area (Å²) in [4.78, 5) is 23.5. The molecule has 0 atom stereocenters. The molecule has 1 aromatic carbocycles. The van der Waals surface area contributed by atoms with Gasteiger partial charge in [-0.3, -0.25) is 4.79 Å². The maximum atomic E-state index is 11.5. The van der Waals surface area contributed by atoms with E-state index in [1.54, 1.807) is 18.5 Å². The Morgan fingerprint density at radius 3 is 3.05 bits per heavy atom. The van der Waals surface area contributed by atoms with E-state index in [0.717, 1.165) is 22.3 Å². The van der Waals surface area contributed by atoms with Gasteiger partial charge in [0.25, 0.3) is 5.91 Å². The van der Waals surface area contributed by atoms with E-state index in [1.807, 2.05) is 29.0 Å². The molecule has 1 aliphatic heterocycles. The zero-order valence-corrected chi connectivity index (χ0v) is 9.82. The third-order valence-electron chi connectivity index (χ3n) is 3.21. The lowest BCUT2D eigenvalue weighted by atomic mass is 10.1. The number of aliphatic imine (C=N–C) groups is 1.